The normalized spacial score (nSPS) is 19.9. The molecular weight excluding hydrogens is 265 g/mol. The molecule has 0 aliphatic heterocycles. The maximum atomic E-state index is 13.8. The van der Waals surface area contributed by atoms with Crippen LogP contribution in [0.4, 0.5) is 4.39 Å². The van der Waals surface area contributed by atoms with Crippen molar-refractivity contribution in [1.82, 2.24) is 4.90 Å². The minimum absolute atomic E-state index is 0.227. The van der Waals surface area contributed by atoms with Gasteiger partial charge in [-0.15, -0.1) is 0 Å². The van der Waals surface area contributed by atoms with Crippen LogP contribution in [0.3, 0.4) is 0 Å². The van der Waals surface area contributed by atoms with Crippen LogP contribution in [0.5, 0.6) is 0 Å². The summed E-state index contributed by atoms with van der Waals surface area (Å²) in [5.41, 5.74) is 0.266. The Morgan fingerprint density at radius 1 is 1.37 bits per heavy atom. The Morgan fingerprint density at radius 2 is 2.00 bits per heavy atom. The highest BCUT2D eigenvalue weighted by Crippen LogP contribution is 2.38. The third-order valence-corrected chi connectivity index (χ3v) is 4.64. The van der Waals surface area contributed by atoms with E-state index in [2.05, 4.69) is 4.90 Å². The van der Waals surface area contributed by atoms with Crippen molar-refractivity contribution in [2.45, 2.75) is 43.7 Å². The number of hydrogen-bond donors (Lipinski definition) is 1. The molecule has 0 radical (unpaired) electrons. The molecule has 1 saturated carbocycles. The van der Waals surface area contributed by atoms with E-state index in [0.717, 1.165) is 25.7 Å². The van der Waals surface area contributed by atoms with E-state index in [0.29, 0.717) is 17.0 Å². The molecule has 2 rings (SSSR count). The largest absolute Gasteiger partial charge is 0.391 e. The Labute approximate surface area is 119 Å². The molecule has 0 heterocycles. The molecule has 1 N–H and O–H groups in total. The van der Waals surface area contributed by atoms with E-state index < -0.39 is 6.10 Å². The molecule has 1 atom stereocenters. The molecule has 1 fully saturated rings. The molecule has 0 amide bonds. The highest BCUT2D eigenvalue weighted by molar-refractivity contribution is 6.30. The van der Waals surface area contributed by atoms with Crippen LogP contribution >= 0.6 is 11.6 Å². The molecule has 0 aromatic heterocycles. The molecule has 1 unspecified atom stereocenters. The van der Waals surface area contributed by atoms with Crippen LogP contribution in [-0.2, 0) is 6.42 Å². The average Bonchev–Trinajstić information content (AvgIpc) is 2.84. The lowest BCUT2D eigenvalue weighted by atomic mass is 9.85. The number of hydrogen-bond acceptors (Lipinski definition) is 2. The van der Waals surface area contributed by atoms with E-state index in [1.54, 1.807) is 6.07 Å². The van der Waals surface area contributed by atoms with Crippen molar-refractivity contribution in [1.29, 1.82) is 0 Å². The van der Waals surface area contributed by atoms with Crippen LogP contribution in [-0.4, -0.2) is 35.7 Å². The zero-order valence-corrected chi connectivity index (χ0v) is 12.3. The Balaban J connectivity index is 2.19. The van der Waals surface area contributed by atoms with Gasteiger partial charge in [0, 0.05) is 17.0 Å². The van der Waals surface area contributed by atoms with Crippen LogP contribution in [0.2, 0.25) is 5.02 Å². The van der Waals surface area contributed by atoms with Gasteiger partial charge in [-0.25, -0.2) is 4.39 Å². The lowest BCUT2D eigenvalue weighted by molar-refractivity contribution is -0.00292. The zero-order valence-electron chi connectivity index (χ0n) is 11.5. The second kappa shape index (κ2) is 5.78. The predicted octanol–water partition coefficient (Wildman–Crippen LogP) is 3.26. The molecule has 106 valence electrons. The highest BCUT2D eigenvalue weighted by Gasteiger charge is 2.42. The van der Waals surface area contributed by atoms with Crippen molar-refractivity contribution < 1.29 is 9.50 Å². The maximum absolute atomic E-state index is 13.8. The summed E-state index contributed by atoms with van der Waals surface area (Å²) in [5, 5.41) is 11.1. The molecule has 0 saturated heterocycles. The molecule has 1 aliphatic carbocycles. The van der Waals surface area contributed by atoms with Crippen molar-refractivity contribution in [3.8, 4) is 0 Å². The van der Waals surface area contributed by atoms with Crippen LogP contribution in [0, 0.1) is 5.82 Å². The molecule has 1 aliphatic rings. The third kappa shape index (κ3) is 2.93. The number of nitrogens with zero attached hydrogens (tertiary/aromatic N) is 1. The Hall–Kier alpha value is -0.640. The molecule has 0 bridgehead atoms. The van der Waals surface area contributed by atoms with E-state index >= 15 is 0 Å². The minimum Gasteiger partial charge on any atom is -0.391 e. The quantitative estimate of drug-likeness (QED) is 0.918. The predicted molar refractivity (Wildman–Crippen MR) is 76.0 cm³/mol. The fourth-order valence-electron chi connectivity index (χ4n) is 3.16. The van der Waals surface area contributed by atoms with Gasteiger partial charge >= 0.3 is 0 Å². The summed E-state index contributed by atoms with van der Waals surface area (Å²) < 4.78 is 13.8. The van der Waals surface area contributed by atoms with Gasteiger partial charge in [-0.2, -0.15) is 0 Å². The van der Waals surface area contributed by atoms with Crippen LogP contribution < -0.4 is 0 Å². The summed E-state index contributed by atoms with van der Waals surface area (Å²) in [4.78, 5) is 2.09. The smallest absolute Gasteiger partial charge is 0.126 e. The van der Waals surface area contributed by atoms with Gasteiger partial charge in [-0.3, -0.25) is 0 Å². The first kappa shape index (κ1) is 14.8. The molecule has 1 aromatic carbocycles. The average molecular weight is 286 g/mol. The fourth-order valence-corrected chi connectivity index (χ4v) is 3.36. The van der Waals surface area contributed by atoms with E-state index in [4.69, 9.17) is 11.6 Å². The SMILES string of the molecule is CN(C)C1(C(O)Cc2cc(Cl)ccc2F)CCCC1. The zero-order chi connectivity index (χ0) is 14.0. The first-order valence-electron chi connectivity index (χ1n) is 6.75. The number of benzene rings is 1. The summed E-state index contributed by atoms with van der Waals surface area (Å²) in [7, 11) is 3.98. The summed E-state index contributed by atoms with van der Waals surface area (Å²) in [5.74, 6) is -0.296. The van der Waals surface area contributed by atoms with Gasteiger partial charge in [0.15, 0.2) is 0 Å². The van der Waals surface area contributed by atoms with Crippen LogP contribution in [0.25, 0.3) is 0 Å². The summed E-state index contributed by atoms with van der Waals surface area (Å²) in [6.45, 7) is 0. The van der Waals surface area contributed by atoms with Crippen molar-refractivity contribution in [2.75, 3.05) is 14.1 Å². The molecule has 19 heavy (non-hydrogen) atoms. The first-order chi connectivity index (χ1) is 8.95. The van der Waals surface area contributed by atoms with Gasteiger partial charge in [-0.1, -0.05) is 24.4 Å². The lowest BCUT2D eigenvalue weighted by Gasteiger charge is -2.40. The number of aliphatic hydroxyl groups is 1. The molecule has 0 spiro atoms. The summed E-state index contributed by atoms with van der Waals surface area (Å²) in [6, 6.07) is 4.50. The number of likely N-dealkylation sites (N-methyl/N-ethyl adjacent to an activating group) is 1. The van der Waals surface area contributed by atoms with Gasteiger partial charge in [0.1, 0.15) is 5.82 Å². The summed E-state index contributed by atoms with van der Waals surface area (Å²) in [6.07, 6.45) is 3.90. The minimum atomic E-state index is -0.571. The molecular formula is C15H21ClFNO. The number of rotatable bonds is 4. The molecule has 1 aromatic rings. The second-order valence-electron chi connectivity index (χ2n) is 5.66. The van der Waals surface area contributed by atoms with E-state index in [1.807, 2.05) is 14.1 Å². The third-order valence-electron chi connectivity index (χ3n) is 4.40. The topological polar surface area (TPSA) is 23.5 Å². The highest BCUT2D eigenvalue weighted by atomic mass is 35.5. The standard InChI is InChI=1S/C15H21ClFNO/c1-18(2)15(7-3-4-8-15)14(19)10-11-9-12(16)5-6-13(11)17/h5-6,9,14,19H,3-4,7-8,10H2,1-2H3. The van der Waals surface area contributed by atoms with Gasteiger partial charge in [0.25, 0.3) is 0 Å². The van der Waals surface area contributed by atoms with Gasteiger partial charge in [0.05, 0.1) is 6.10 Å². The molecule has 2 nitrogen and oxygen atoms in total. The van der Waals surface area contributed by atoms with E-state index in [-0.39, 0.29) is 11.4 Å². The monoisotopic (exact) mass is 285 g/mol. The first-order valence-corrected chi connectivity index (χ1v) is 7.13. The van der Waals surface area contributed by atoms with Crippen molar-refractivity contribution in [2.24, 2.45) is 0 Å². The number of halogens is 2. The Bertz CT molecular complexity index is 444. The van der Waals surface area contributed by atoms with Crippen molar-refractivity contribution in [3.63, 3.8) is 0 Å². The second-order valence-corrected chi connectivity index (χ2v) is 6.10. The van der Waals surface area contributed by atoms with Crippen molar-refractivity contribution in [3.05, 3.63) is 34.6 Å². The number of aliphatic hydroxyl groups excluding tert-OH is 1. The Morgan fingerprint density at radius 3 is 2.58 bits per heavy atom. The van der Waals surface area contributed by atoms with E-state index in [9.17, 15) is 9.50 Å². The van der Waals surface area contributed by atoms with Crippen LogP contribution in [0.15, 0.2) is 18.2 Å². The lowest BCUT2D eigenvalue weighted by Crippen LogP contribution is -2.52. The fraction of sp³-hybridized carbons (Fsp3) is 0.600. The van der Waals surface area contributed by atoms with Gasteiger partial charge < -0.3 is 10.0 Å². The van der Waals surface area contributed by atoms with Crippen molar-refractivity contribution >= 4 is 11.6 Å². The maximum Gasteiger partial charge on any atom is 0.126 e. The Kier molecular flexibility index (Phi) is 4.49. The van der Waals surface area contributed by atoms with Crippen LogP contribution in [0.1, 0.15) is 31.2 Å². The summed E-state index contributed by atoms with van der Waals surface area (Å²) >= 11 is 5.90. The molecule has 4 heteroatoms. The van der Waals surface area contributed by atoms with Gasteiger partial charge in [0.2, 0.25) is 0 Å². The van der Waals surface area contributed by atoms with E-state index in [1.165, 1.54) is 12.1 Å². The van der Waals surface area contributed by atoms with Gasteiger partial charge in [-0.05, 0) is 50.7 Å².